The van der Waals surface area contributed by atoms with Gasteiger partial charge in [0.1, 0.15) is 25.9 Å². The maximum absolute atomic E-state index is 12.8. The van der Waals surface area contributed by atoms with Crippen molar-refractivity contribution in [2.75, 3.05) is 40.5 Å². The van der Waals surface area contributed by atoms with Crippen molar-refractivity contribution < 1.29 is 37.5 Å². The highest BCUT2D eigenvalue weighted by Crippen LogP contribution is 2.43. The second-order valence-corrected chi connectivity index (χ2v) is 13.5. The standard InChI is InChI=1S/C30H53N2O7P/c1-6-8-10-11-16-19-28(39-30(34)37-25-26-17-14-12-15-18-26)27(31-29(33)20-13-9-7-2)21-24-40(35,36)38-23-22-32(3,4)5/h12,14-15,17-18,27-28H,6-11,13,16,19-25H2,1-5H3,(H-,31,33,35,36)/p+1/t27-,28+/m0/s1. The highest BCUT2D eigenvalue weighted by molar-refractivity contribution is 7.52. The molecule has 0 aliphatic rings. The molecule has 2 N–H and O–H groups in total. The van der Waals surface area contributed by atoms with E-state index in [0.29, 0.717) is 23.9 Å². The number of ether oxygens (including phenoxy) is 2. The summed E-state index contributed by atoms with van der Waals surface area (Å²) in [7, 11) is 2.04. The number of benzene rings is 1. The Bertz CT molecular complexity index is 877. The largest absolute Gasteiger partial charge is 0.508 e. The topological polar surface area (TPSA) is 111 Å². The summed E-state index contributed by atoms with van der Waals surface area (Å²) in [5, 5.41) is 3.00. The number of hydrogen-bond acceptors (Lipinski definition) is 6. The van der Waals surface area contributed by atoms with Crippen molar-refractivity contribution >= 4 is 19.7 Å². The van der Waals surface area contributed by atoms with Gasteiger partial charge in [-0.15, -0.1) is 0 Å². The van der Waals surface area contributed by atoms with E-state index in [9.17, 15) is 19.0 Å². The number of unbranched alkanes of at least 4 members (excludes halogenated alkanes) is 6. The number of quaternary nitrogens is 1. The molecule has 0 radical (unpaired) electrons. The summed E-state index contributed by atoms with van der Waals surface area (Å²) in [4.78, 5) is 36.0. The molecule has 9 nitrogen and oxygen atoms in total. The fraction of sp³-hybridized carbons (Fsp3) is 0.733. The van der Waals surface area contributed by atoms with Gasteiger partial charge in [-0.05, 0) is 31.2 Å². The minimum absolute atomic E-state index is 0.0723. The van der Waals surface area contributed by atoms with Gasteiger partial charge in [0.25, 0.3) is 0 Å². The van der Waals surface area contributed by atoms with Crippen LogP contribution >= 0.6 is 7.60 Å². The molecule has 0 aliphatic carbocycles. The molecule has 0 spiro atoms. The molecular weight excluding hydrogens is 531 g/mol. The van der Waals surface area contributed by atoms with Gasteiger partial charge in [-0.2, -0.15) is 0 Å². The predicted molar refractivity (Wildman–Crippen MR) is 159 cm³/mol. The molecule has 0 saturated heterocycles. The zero-order valence-electron chi connectivity index (χ0n) is 25.4. The summed E-state index contributed by atoms with van der Waals surface area (Å²) >= 11 is 0. The Morgan fingerprint density at radius 2 is 1.60 bits per heavy atom. The van der Waals surface area contributed by atoms with Crippen LogP contribution in [0.1, 0.15) is 90.0 Å². The second kappa shape index (κ2) is 20.0. The maximum Gasteiger partial charge on any atom is 0.508 e. The Morgan fingerprint density at radius 1 is 0.950 bits per heavy atom. The fourth-order valence-electron chi connectivity index (χ4n) is 4.16. The zero-order valence-corrected chi connectivity index (χ0v) is 26.3. The minimum atomic E-state index is -3.90. The van der Waals surface area contributed by atoms with Crippen LogP contribution in [-0.4, -0.2) is 74.0 Å². The number of nitrogens with one attached hydrogen (secondary N) is 1. The van der Waals surface area contributed by atoms with E-state index in [1.165, 1.54) is 0 Å². The first-order valence-electron chi connectivity index (χ1n) is 14.9. The van der Waals surface area contributed by atoms with Gasteiger partial charge < -0.3 is 28.7 Å². The molecule has 0 fully saturated rings. The Balaban J connectivity index is 2.96. The summed E-state index contributed by atoms with van der Waals surface area (Å²) in [6.07, 6.45) is 7.11. The van der Waals surface area contributed by atoms with E-state index in [1.807, 2.05) is 51.5 Å². The minimum Gasteiger partial charge on any atom is -0.429 e. The van der Waals surface area contributed by atoms with Crippen LogP contribution in [0.4, 0.5) is 4.79 Å². The van der Waals surface area contributed by atoms with Crippen molar-refractivity contribution in [2.24, 2.45) is 0 Å². The number of rotatable bonds is 22. The second-order valence-electron chi connectivity index (χ2n) is 11.5. The van der Waals surface area contributed by atoms with Crippen molar-refractivity contribution in [3.63, 3.8) is 0 Å². The van der Waals surface area contributed by atoms with Crippen LogP contribution in [0.15, 0.2) is 30.3 Å². The van der Waals surface area contributed by atoms with E-state index in [-0.39, 0.29) is 31.7 Å². The van der Waals surface area contributed by atoms with Crippen LogP contribution in [0, 0.1) is 0 Å². The number of amides is 1. The van der Waals surface area contributed by atoms with Gasteiger partial charge in [-0.1, -0.05) is 82.7 Å². The van der Waals surface area contributed by atoms with E-state index < -0.39 is 25.9 Å². The zero-order chi connectivity index (χ0) is 29.9. The first-order valence-corrected chi connectivity index (χ1v) is 16.7. The lowest BCUT2D eigenvalue weighted by Crippen LogP contribution is -2.46. The smallest absolute Gasteiger partial charge is 0.429 e. The molecule has 10 heteroatoms. The third-order valence-corrected chi connectivity index (χ3v) is 8.03. The normalized spacial score (nSPS) is 14.7. The summed E-state index contributed by atoms with van der Waals surface area (Å²) in [6, 6.07) is 8.69. The van der Waals surface area contributed by atoms with Gasteiger partial charge >= 0.3 is 13.8 Å². The van der Waals surface area contributed by atoms with Crippen molar-refractivity contribution in [3.05, 3.63) is 35.9 Å². The molecule has 1 aromatic carbocycles. The number of hydrogen-bond donors (Lipinski definition) is 2. The van der Waals surface area contributed by atoms with Crippen molar-refractivity contribution in [2.45, 2.75) is 103 Å². The van der Waals surface area contributed by atoms with Crippen molar-refractivity contribution in [1.82, 2.24) is 5.32 Å². The monoisotopic (exact) mass is 585 g/mol. The van der Waals surface area contributed by atoms with Crippen LogP contribution in [0.5, 0.6) is 0 Å². The Hall–Kier alpha value is -1.93. The van der Waals surface area contributed by atoms with E-state index in [2.05, 4.69) is 19.2 Å². The molecule has 1 amide bonds. The van der Waals surface area contributed by atoms with E-state index >= 15 is 0 Å². The van der Waals surface area contributed by atoms with Crippen LogP contribution < -0.4 is 5.32 Å². The van der Waals surface area contributed by atoms with Gasteiger partial charge in [0.15, 0.2) is 0 Å². The van der Waals surface area contributed by atoms with Gasteiger partial charge in [-0.3, -0.25) is 9.36 Å². The first kappa shape index (κ1) is 36.1. The van der Waals surface area contributed by atoms with Crippen molar-refractivity contribution in [3.8, 4) is 0 Å². The predicted octanol–water partition coefficient (Wildman–Crippen LogP) is 6.43. The molecule has 0 aliphatic heterocycles. The van der Waals surface area contributed by atoms with Gasteiger partial charge in [0.05, 0.1) is 33.3 Å². The number of carbonyl (C=O) groups excluding carboxylic acids is 2. The summed E-state index contributed by atoms with van der Waals surface area (Å²) < 4.78 is 29.9. The van der Waals surface area contributed by atoms with Gasteiger partial charge in [-0.25, -0.2) is 4.79 Å². The molecule has 1 unspecified atom stereocenters. The summed E-state index contributed by atoms with van der Waals surface area (Å²) in [5.74, 6) is -0.158. The molecule has 1 aromatic rings. The maximum atomic E-state index is 12.8. The lowest BCUT2D eigenvalue weighted by Gasteiger charge is -2.29. The first-order chi connectivity index (χ1) is 19.0. The Kier molecular flexibility index (Phi) is 18.1. The molecular formula is C30H54N2O7P+. The lowest BCUT2D eigenvalue weighted by atomic mass is 10.0. The van der Waals surface area contributed by atoms with Gasteiger partial charge in [0.2, 0.25) is 5.91 Å². The van der Waals surface area contributed by atoms with E-state index in [1.54, 1.807) is 0 Å². The lowest BCUT2D eigenvalue weighted by molar-refractivity contribution is -0.870. The highest BCUT2D eigenvalue weighted by atomic mass is 31.2. The van der Waals surface area contributed by atoms with Crippen LogP contribution in [0.2, 0.25) is 0 Å². The quantitative estimate of drug-likeness (QED) is 0.0698. The molecule has 0 bridgehead atoms. The third kappa shape index (κ3) is 18.4. The number of likely N-dealkylation sites (N-methyl/N-ethyl adjacent to an activating group) is 1. The average Bonchev–Trinajstić information content (AvgIpc) is 2.89. The van der Waals surface area contributed by atoms with Gasteiger partial charge in [0, 0.05) is 6.42 Å². The average molecular weight is 586 g/mol. The molecule has 3 atom stereocenters. The van der Waals surface area contributed by atoms with Crippen LogP contribution in [0.25, 0.3) is 0 Å². The molecule has 230 valence electrons. The molecule has 40 heavy (non-hydrogen) atoms. The molecule has 0 saturated carbocycles. The fourth-order valence-corrected chi connectivity index (χ4v) is 5.26. The number of nitrogens with zero attached hydrogens (tertiary/aromatic N) is 1. The molecule has 0 heterocycles. The Morgan fingerprint density at radius 3 is 2.25 bits per heavy atom. The third-order valence-electron chi connectivity index (χ3n) is 6.62. The van der Waals surface area contributed by atoms with E-state index in [4.69, 9.17) is 14.0 Å². The van der Waals surface area contributed by atoms with Crippen LogP contribution in [0.3, 0.4) is 0 Å². The molecule has 1 rings (SSSR count). The Labute approximate surface area is 242 Å². The summed E-state index contributed by atoms with van der Waals surface area (Å²) in [5.41, 5.74) is 0.837. The SMILES string of the molecule is CCCCCCC[C@@H](OC(=O)OCc1ccccc1)[C@H](CCP(=O)(O)OCC[N+](C)(C)C)NC(=O)CCCCC. The molecule has 0 aromatic heterocycles. The highest BCUT2D eigenvalue weighted by Gasteiger charge is 2.31. The summed E-state index contributed by atoms with van der Waals surface area (Å²) in [6.45, 7) is 5.02. The number of carbonyl (C=O) groups is 2. The van der Waals surface area contributed by atoms with Crippen molar-refractivity contribution in [1.29, 1.82) is 0 Å². The van der Waals surface area contributed by atoms with Crippen LogP contribution in [-0.2, 0) is 30.0 Å². The van der Waals surface area contributed by atoms with E-state index in [0.717, 1.165) is 56.9 Å².